The molecule has 4 rings (SSSR count). The zero-order chi connectivity index (χ0) is 20.3. The summed E-state index contributed by atoms with van der Waals surface area (Å²) in [7, 11) is 1.59. The van der Waals surface area contributed by atoms with E-state index in [0.29, 0.717) is 31.0 Å². The molecule has 2 aliphatic rings. The molecule has 29 heavy (non-hydrogen) atoms. The molecule has 1 spiro atoms. The third-order valence-corrected chi connectivity index (χ3v) is 6.38. The van der Waals surface area contributed by atoms with E-state index >= 15 is 0 Å². The highest BCUT2D eigenvalue weighted by molar-refractivity contribution is 5.91. The number of aromatic nitrogens is 4. The summed E-state index contributed by atoms with van der Waals surface area (Å²) in [5, 5.41) is 11.1. The predicted molar refractivity (Wildman–Crippen MR) is 104 cm³/mol. The van der Waals surface area contributed by atoms with Crippen LogP contribution in [0.15, 0.2) is 24.7 Å². The number of pyridine rings is 1. The Balaban J connectivity index is 1.34. The highest BCUT2D eigenvalue weighted by Crippen LogP contribution is 2.56. The second-order valence-electron chi connectivity index (χ2n) is 7.99. The third-order valence-electron chi connectivity index (χ3n) is 6.38. The monoisotopic (exact) mass is 402 g/mol. The van der Waals surface area contributed by atoms with Crippen molar-refractivity contribution in [2.75, 3.05) is 33.4 Å². The first-order chi connectivity index (χ1) is 14.1. The van der Waals surface area contributed by atoms with Crippen LogP contribution in [0.5, 0.6) is 0 Å². The van der Waals surface area contributed by atoms with E-state index < -0.39 is 0 Å². The minimum absolute atomic E-state index is 0.199. The number of nitrogens with one attached hydrogen (secondary N) is 1. The number of ether oxygens (including phenoxy) is 1. The Hall–Kier alpha value is -2.39. The lowest BCUT2D eigenvalue weighted by Crippen LogP contribution is -2.49. The highest BCUT2D eigenvalue weighted by atomic mass is 19.1. The van der Waals surface area contributed by atoms with Crippen molar-refractivity contribution in [2.24, 2.45) is 5.41 Å². The Morgan fingerprint density at radius 3 is 2.90 bits per heavy atom. The number of piperidine rings is 1. The SMILES string of the molecule is COCCNC(=O)c1cn(C2CCC23CCN(Cc2ccncc2F)CC3)nn1. The van der Waals surface area contributed by atoms with Crippen LogP contribution < -0.4 is 5.32 Å². The number of likely N-dealkylation sites (tertiary alicyclic amines) is 1. The molecular formula is C20H27FN6O2. The molecular weight excluding hydrogens is 375 g/mol. The Bertz CT molecular complexity index is 849. The molecule has 1 atom stereocenters. The van der Waals surface area contributed by atoms with Crippen LogP contribution in [-0.2, 0) is 11.3 Å². The van der Waals surface area contributed by atoms with Gasteiger partial charge in [0, 0.05) is 32.0 Å². The number of nitrogens with zero attached hydrogens (tertiary/aromatic N) is 5. The molecule has 1 aliphatic heterocycles. The Morgan fingerprint density at radius 1 is 1.38 bits per heavy atom. The first-order valence-corrected chi connectivity index (χ1v) is 10.1. The van der Waals surface area contributed by atoms with E-state index in [1.165, 1.54) is 6.20 Å². The molecule has 3 heterocycles. The first-order valence-electron chi connectivity index (χ1n) is 10.1. The maximum absolute atomic E-state index is 13.9. The fraction of sp³-hybridized carbons (Fsp3) is 0.600. The second-order valence-corrected chi connectivity index (χ2v) is 7.99. The molecule has 1 amide bonds. The molecule has 1 N–H and O–H groups in total. The minimum Gasteiger partial charge on any atom is -0.383 e. The molecule has 1 unspecified atom stereocenters. The summed E-state index contributed by atoms with van der Waals surface area (Å²) in [6.07, 6.45) is 8.96. The van der Waals surface area contributed by atoms with Crippen molar-refractivity contribution < 1.29 is 13.9 Å². The van der Waals surface area contributed by atoms with E-state index in [9.17, 15) is 9.18 Å². The van der Waals surface area contributed by atoms with Gasteiger partial charge in [0.25, 0.3) is 5.91 Å². The van der Waals surface area contributed by atoms with E-state index in [4.69, 9.17) is 4.74 Å². The van der Waals surface area contributed by atoms with Gasteiger partial charge in [-0.25, -0.2) is 9.07 Å². The minimum atomic E-state index is -0.242. The van der Waals surface area contributed by atoms with Gasteiger partial charge < -0.3 is 10.1 Å². The fourth-order valence-electron chi connectivity index (χ4n) is 4.50. The van der Waals surface area contributed by atoms with Gasteiger partial charge in [-0.15, -0.1) is 5.10 Å². The van der Waals surface area contributed by atoms with Crippen molar-refractivity contribution >= 4 is 5.91 Å². The van der Waals surface area contributed by atoms with E-state index in [1.54, 1.807) is 25.6 Å². The van der Waals surface area contributed by atoms with Crippen molar-refractivity contribution in [2.45, 2.75) is 38.3 Å². The number of halogens is 1. The number of hydrogen-bond donors (Lipinski definition) is 1. The molecule has 9 heteroatoms. The van der Waals surface area contributed by atoms with Crippen molar-refractivity contribution in [1.29, 1.82) is 0 Å². The largest absolute Gasteiger partial charge is 0.383 e. The molecule has 2 fully saturated rings. The molecule has 0 aromatic carbocycles. The number of hydrogen-bond acceptors (Lipinski definition) is 6. The van der Waals surface area contributed by atoms with Gasteiger partial charge in [-0.3, -0.25) is 14.7 Å². The van der Waals surface area contributed by atoms with Gasteiger partial charge in [0.05, 0.1) is 25.0 Å². The molecule has 8 nitrogen and oxygen atoms in total. The lowest BCUT2D eigenvalue weighted by Gasteiger charge is -2.53. The van der Waals surface area contributed by atoms with Crippen LogP contribution in [0.1, 0.15) is 47.8 Å². The van der Waals surface area contributed by atoms with Crippen LogP contribution in [0.3, 0.4) is 0 Å². The van der Waals surface area contributed by atoms with E-state index in [2.05, 4.69) is 25.5 Å². The van der Waals surface area contributed by atoms with Crippen LogP contribution in [0.2, 0.25) is 0 Å². The van der Waals surface area contributed by atoms with Gasteiger partial charge in [-0.1, -0.05) is 5.21 Å². The summed E-state index contributed by atoms with van der Waals surface area (Å²) in [6, 6.07) is 2.02. The fourth-order valence-corrected chi connectivity index (χ4v) is 4.50. The lowest BCUT2D eigenvalue weighted by molar-refractivity contribution is -0.0335. The number of amides is 1. The van der Waals surface area contributed by atoms with Crippen LogP contribution in [0.4, 0.5) is 4.39 Å². The molecule has 1 saturated carbocycles. The smallest absolute Gasteiger partial charge is 0.273 e. The number of carbonyl (C=O) groups is 1. The topological polar surface area (TPSA) is 85.2 Å². The number of rotatable bonds is 7. The molecule has 156 valence electrons. The molecule has 1 saturated heterocycles. The molecule has 2 aromatic rings. The van der Waals surface area contributed by atoms with Crippen molar-refractivity contribution in [1.82, 2.24) is 30.2 Å². The van der Waals surface area contributed by atoms with Crippen molar-refractivity contribution in [3.05, 3.63) is 41.7 Å². The average Bonchev–Trinajstić information content (AvgIpc) is 3.19. The van der Waals surface area contributed by atoms with Gasteiger partial charge in [0.2, 0.25) is 0 Å². The number of carbonyl (C=O) groups excluding carboxylic acids is 1. The quantitative estimate of drug-likeness (QED) is 0.711. The standard InChI is InChI=1S/C20H27FN6O2/c1-29-11-8-23-19(28)17-14-27(25-24-17)18-2-4-20(18)5-9-26(10-6-20)13-15-3-7-22-12-16(15)21/h3,7,12,14,18H,2,4-6,8-11,13H2,1H3,(H,23,28). The maximum atomic E-state index is 13.9. The van der Waals surface area contributed by atoms with Gasteiger partial charge in [0.1, 0.15) is 5.82 Å². The van der Waals surface area contributed by atoms with E-state index in [-0.39, 0.29) is 23.2 Å². The summed E-state index contributed by atoms with van der Waals surface area (Å²) in [5.41, 5.74) is 1.24. The molecule has 2 aromatic heterocycles. The van der Waals surface area contributed by atoms with Gasteiger partial charge >= 0.3 is 0 Å². The van der Waals surface area contributed by atoms with Gasteiger partial charge in [-0.2, -0.15) is 0 Å². The molecule has 1 aliphatic carbocycles. The average molecular weight is 402 g/mol. The summed E-state index contributed by atoms with van der Waals surface area (Å²) >= 11 is 0. The number of methoxy groups -OCH3 is 1. The van der Waals surface area contributed by atoms with E-state index in [0.717, 1.165) is 38.8 Å². The maximum Gasteiger partial charge on any atom is 0.273 e. The summed E-state index contributed by atoms with van der Waals surface area (Å²) in [6.45, 7) is 3.38. The second kappa shape index (κ2) is 8.54. The van der Waals surface area contributed by atoms with Crippen molar-refractivity contribution in [3.8, 4) is 0 Å². The third kappa shape index (κ3) is 4.16. The van der Waals surface area contributed by atoms with Crippen LogP contribution in [0.25, 0.3) is 0 Å². The summed E-state index contributed by atoms with van der Waals surface area (Å²) in [5.74, 6) is -0.468. The molecule has 0 bridgehead atoms. The van der Waals surface area contributed by atoms with Crippen molar-refractivity contribution in [3.63, 3.8) is 0 Å². The summed E-state index contributed by atoms with van der Waals surface area (Å²) < 4.78 is 20.7. The van der Waals surface area contributed by atoms with Crippen LogP contribution in [0, 0.1) is 11.2 Å². The Kier molecular flexibility index (Phi) is 5.86. The Morgan fingerprint density at radius 2 is 2.21 bits per heavy atom. The van der Waals surface area contributed by atoms with Crippen LogP contribution >= 0.6 is 0 Å². The zero-order valence-corrected chi connectivity index (χ0v) is 16.7. The summed E-state index contributed by atoms with van der Waals surface area (Å²) in [4.78, 5) is 18.3. The van der Waals surface area contributed by atoms with E-state index in [1.807, 2.05) is 4.68 Å². The van der Waals surface area contributed by atoms with Gasteiger partial charge in [0.15, 0.2) is 5.69 Å². The highest BCUT2D eigenvalue weighted by Gasteiger charge is 2.49. The normalized spacial score (nSPS) is 21.1. The lowest BCUT2D eigenvalue weighted by atomic mass is 9.59. The van der Waals surface area contributed by atoms with Crippen LogP contribution in [-0.4, -0.2) is 64.1 Å². The first kappa shape index (κ1) is 19.9. The zero-order valence-electron chi connectivity index (χ0n) is 16.7. The molecule has 0 radical (unpaired) electrons. The van der Waals surface area contributed by atoms with Gasteiger partial charge in [-0.05, 0) is 50.3 Å². The predicted octanol–water partition coefficient (Wildman–Crippen LogP) is 1.81. The Labute approximate surface area is 169 Å².